The van der Waals surface area contributed by atoms with Crippen molar-refractivity contribution in [3.63, 3.8) is 0 Å². The minimum absolute atomic E-state index is 0.0156. The number of hydrogen-bond donors (Lipinski definition) is 0. The number of urea groups is 1. The summed E-state index contributed by atoms with van der Waals surface area (Å²) < 4.78 is 36.5. The van der Waals surface area contributed by atoms with Gasteiger partial charge in [-0.25, -0.2) is 4.79 Å². The van der Waals surface area contributed by atoms with Crippen LogP contribution in [-0.2, 0) is 4.79 Å². The first-order valence-electron chi connectivity index (χ1n) is 5.06. The molecule has 3 amide bonds. The van der Waals surface area contributed by atoms with Crippen LogP contribution >= 0.6 is 0 Å². The average Bonchev–Trinajstić information content (AvgIpc) is 2.94. The van der Waals surface area contributed by atoms with E-state index in [1.54, 1.807) is 0 Å². The summed E-state index contributed by atoms with van der Waals surface area (Å²) in [6, 6.07) is -0.757. The van der Waals surface area contributed by atoms with Gasteiger partial charge in [-0.15, -0.1) is 0 Å². The van der Waals surface area contributed by atoms with Crippen molar-refractivity contribution in [2.45, 2.75) is 31.5 Å². The second-order valence-corrected chi connectivity index (χ2v) is 4.05. The molecule has 0 bridgehead atoms. The Bertz CT molecular complexity index is 325. The van der Waals surface area contributed by atoms with Crippen LogP contribution in [0.4, 0.5) is 18.0 Å². The number of nitrogens with zero attached hydrogens (tertiary/aromatic N) is 2. The summed E-state index contributed by atoms with van der Waals surface area (Å²) in [5.41, 5.74) is 0. The molecule has 16 heavy (non-hydrogen) atoms. The van der Waals surface area contributed by atoms with Gasteiger partial charge in [-0.3, -0.25) is 9.69 Å². The molecule has 0 aromatic rings. The quantitative estimate of drug-likeness (QED) is 0.726. The summed E-state index contributed by atoms with van der Waals surface area (Å²) in [5, 5.41) is 0. The van der Waals surface area contributed by atoms with Crippen molar-refractivity contribution in [3.8, 4) is 0 Å². The van der Waals surface area contributed by atoms with Gasteiger partial charge in [0.2, 0.25) is 5.91 Å². The number of amides is 3. The molecule has 4 nitrogen and oxygen atoms in total. The zero-order chi connectivity index (χ0) is 11.9. The fourth-order valence-electron chi connectivity index (χ4n) is 1.77. The van der Waals surface area contributed by atoms with Crippen molar-refractivity contribution in [3.05, 3.63) is 0 Å². The minimum atomic E-state index is -4.53. The Morgan fingerprint density at radius 2 is 1.88 bits per heavy atom. The second-order valence-electron chi connectivity index (χ2n) is 4.05. The molecule has 2 aliphatic rings. The molecule has 1 aliphatic heterocycles. The van der Waals surface area contributed by atoms with Gasteiger partial charge < -0.3 is 4.90 Å². The van der Waals surface area contributed by atoms with E-state index in [4.69, 9.17) is 0 Å². The lowest BCUT2D eigenvalue weighted by Crippen LogP contribution is -2.55. The Hall–Kier alpha value is -1.27. The molecule has 0 radical (unpaired) electrons. The first-order valence-corrected chi connectivity index (χ1v) is 5.06. The number of carbonyl (C=O) groups excluding carboxylic acids is 2. The SMILES string of the molecule is O=C1CCN(C2CC2)C(=O)N1CC(F)(F)F. The van der Waals surface area contributed by atoms with Gasteiger partial charge in [-0.1, -0.05) is 0 Å². The highest BCUT2D eigenvalue weighted by atomic mass is 19.4. The zero-order valence-corrected chi connectivity index (χ0v) is 8.46. The molecule has 90 valence electrons. The molecule has 0 N–H and O–H groups in total. The Morgan fingerprint density at radius 1 is 1.25 bits per heavy atom. The predicted octanol–water partition coefficient (Wildman–Crippen LogP) is 1.37. The van der Waals surface area contributed by atoms with Gasteiger partial charge in [-0.05, 0) is 12.8 Å². The van der Waals surface area contributed by atoms with Gasteiger partial charge in [0.05, 0.1) is 0 Å². The van der Waals surface area contributed by atoms with Gasteiger partial charge in [0, 0.05) is 19.0 Å². The van der Waals surface area contributed by atoms with Crippen LogP contribution in [0, 0.1) is 0 Å². The fraction of sp³-hybridized carbons (Fsp3) is 0.778. The van der Waals surface area contributed by atoms with Crippen molar-refractivity contribution in [2.24, 2.45) is 0 Å². The molecule has 0 aromatic heterocycles. The van der Waals surface area contributed by atoms with Crippen molar-refractivity contribution in [2.75, 3.05) is 13.1 Å². The highest BCUT2D eigenvalue weighted by Gasteiger charge is 2.44. The number of halogens is 3. The summed E-state index contributed by atoms with van der Waals surface area (Å²) >= 11 is 0. The summed E-state index contributed by atoms with van der Waals surface area (Å²) in [4.78, 5) is 24.6. The molecule has 1 saturated heterocycles. The van der Waals surface area contributed by atoms with E-state index in [9.17, 15) is 22.8 Å². The minimum Gasteiger partial charge on any atom is -0.321 e. The first kappa shape index (κ1) is 11.2. The van der Waals surface area contributed by atoms with Crippen LogP contribution in [0.1, 0.15) is 19.3 Å². The molecule has 2 fully saturated rings. The largest absolute Gasteiger partial charge is 0.406 e. The average molecular weight is 236 g/mol. The van der Waals surface area contributed by atoms with Crippen LogP contribution in [0.25, 0.3) is 0 Å². The number of carbonyl (C=O) groups is 2. The maximum absolute atomic E-state index is 12.2. The van der Waals surface area contributed by atoms with Crippen LogP contribution in [-0.4, -0.2) is 47.0 Å². The normalized spacial score (nSPS) is 22.9. The third-order valence-electron chi connectivity index (χ3n) is 2.67. The zero-order valence-electron chi connectivity index (χ0n) is 8.46. The van der Waals surface area contributed by atoms with Crippen LogP contribution in [0.3, 0.4) is 0 Å². The standard InChI is InChI=1S/C9H11F3N2O2/c10-9(11,12)5-14-7(15)3-4-13(8(14)16)6-1-2-6/h6H,1-5H2. The summed E-state index contributed by atoms with van der Waals surface area (Å²) in [7, 11) is 0. The van der Waals surface area contributed by atoms with E-state index in [1.807, 2.05) is 0 Å². The van der Waals surface area contributed by atoms with Gasteiger partial charge in [0.1, 0.15) is 6.54 Å². The molecule has 1 aliphatic carbocycles. The lowest BCUT2D eigenvalue weighted by molar-refractivity contribution is -0.158. The summed E-state index contributed by atoms with van der Waals surface area (Å²) in [6.45, 7) is -1.23. The Balaban J connectivity index is 2.08. The summed E-state index contributed by atoms with van der Waals surface area (Å²) in [6.07, 6.45) is -2.91. The fourth-order valence-corrected chi connectivity index (χ4v) is 1.77. The van der Waals surface area contributed by atoms with Gasteiger partial charge >= 0.3 is 12.2 Å². The molecule has 2 rings (SSSR count). The summed E-state index contributed by atoms with van der Waals surface area (Å²) in [5.74, 6) is -0.737. The van der Waals surface area contributed by atoms with E-state index in [0.717, 1.165) is 12.8 Å². The third kappa shape index (κ3) is 2.28. The van der Waals surface area contributed by atoms with E-state index in [1.165, 1.54) is 4.90 Å². The topological polar surface area (TPSA) is 40.6 Å². The van der Waals surface area contributed by atoms with E-state index >= 15 is 0 Å². The molecule has 0 aromatic carbocycles. The smallest absolute Gasteiger partial charge is 0.321 e. The van der Waals surface area contributed by atoms with E-state index in [-0.39, 0.29) is 19.0 Å². The molecule has 1 heterocycles. The molecular formula is C9H11F3N2O2. The van der Waals surface area contributed by atoms with Crippen LogP contribution < -0.4 is 0 Å². The number of imide groups is 1. The molecule has 7 heteroatoms. The highest BCUT2D eigenvalue weighted by Crippen LogP contribution is 2.30. The van der Waals surface area contributed by atoms with Gasteiger partial charge in [0.15, 0.2) is 0 Å². The van der Waals surface area contributed by atoms with Crippen molar-refractivity contribution in [1.29, 1.82) is 0 Å². The predicted molar refractivity (Wildman–Crippen MR) is 47.5 cm³/mol. The Labute approximate surface area is 90.0 Å². The van der Waals surface area contributed by atoms with Crippen molar-refractivity contribution >= 4 is 11.9 Å². The van der Waals surface area contributed by atoms with Crippen LogP contribution in [0.2, 0.25) is 0 Å². The third-order valence-corrected chi connectivity index (χ3v) is 2.67. The van der Waals surface area contributed by atoms with Crippen molar-refractivity contribution < 1.29 is 22.8 Å². The lowest BCUT2D eigenvalue weighted by Gasteiger charge is -2.34. The van der Waals surface area contributed by atoms with E-state index in [0.29, 0.717) is 4.90 Å². The molecular weight excluding hydrogens is 225 g/mol. The lowest BCUT2D eigenvalue weighted by atomic mass is 10.2. The first-order chi connectivity index (χ1) is 7.38. The van der Waals surface area contributed by atoms with Crippen LogP contribution in [0.15, 0.2) is 0 Å². The maximum Gasteiger partial charge on any atom is 0.406 e. The molecule has 0 atom stereocenters. The maximum atomic E-state index is 12.2. The van der Waals surface area contributed by atoms with Gasteiger partial charge in [-0.2, -0.15) is 13.2 Å². The van der Waals surface area contributed by atoms with Gasteiger partial charge in [0.25, 0.3) is 0 Å². The Kier molecular flexibility index (Phi) is 2.55. The van der Waals surface area contributed by atoms with Crippen LogP contribution in [0.5, 0.6) is 0 Å². The highest BCUT2D eigenvalue weighted by molar-refractivity contribution is 5.97. The van der Waals surface area contributed by atoms with Crippen molar-refractivity contribution in [1.82, 2.24) is 9.80 Å². The van der Waals surface area contributed by atoms with E-state index in [2.05, 4.69) is 0 Å². The molecule has 0 unspecified atom stereocenters. The van der Waals surface area contributed by atoms with E-state index < -0.39 is 24.7 Å². The number of rotatable bonds is 2. The second kappa shape index (κ2) is 3.64. The Morgan fingerprint density at radius 3 is 2.38 bits per heavy atom. The molecule has 0 spiro atoms. The molecule has 1 saturated carbocycles. The number of alkyl halides is 3. The number of hydrogen-bond acceptors (Lipinski definition) is 2. The monoisotopic (exact) mass is 236 g/mol.